The molecule has 2 aromatic rings. The Hall–Kier alpha value is -0.510. The molecule has 0 amide bonds. The highest BCUT2D eigenvalue weighted by Gasteiger charge is 2.23. The standard InChI is InChI=1S/C13H10BrClOS/c14-10-5-8-1-3-16-13(8)11(6-10)12(15)9-2-4-17-7-9/h2,4-7,12H,1,3H2. The molecule has 17 heavy (non-hydrogen) atoms. The number of rotatable bonds is 2. The largest absolute Gasteiger partial charge is 0.493 e. The Labute approximate surface area is 118 Å². The van der Waals surface area contributed by atoms with Gasteiger partial charge in [0, 0.05) is 16.5 Å². The fourth-order valence-electron chi connectivity index (χ4n) is 2.08. The molecule has 0 saturated carbocycles. The highest BCUT2D eigenvalue weighted by atomic mass is 79.9. The molecule has 0 bridgehead atoms. The van der Waals surface area contributed by atoms with E-state index in [4.69, 9.17) is 16.3 Å². The van der Waals surface area contributed by atoms with E-state index in [1.54, 1.807) is 11.3 Å². The Morgan fingerprint density at radius 2 is 2.29 bits per heavy atom. The van der Waals surface area contributed by atoms with Crippen LogP contribution in [0, 0.1) is 0 Å². The van der Waals surface area contributed by atoms with Gasteiger partial charge in [-0.05, 0) is 40.1 Å². The second-order valence-corrected chi connectivity index (χ2v) is 6.13. The summed E-state index contributed by atoms with van der Waals surface area (Å²) in [6.07, 6.45) is 0.967. The number of fused-ring (bicyclic) bond motifs is 1. The number of ether oxygens (including phenoxy) is 1. The molecule has 0 radical (unpaired) electrons. The summed E-state index contributed by atoms with van der Waals surface area (Å²) in [4.78, 5) is 0. The van der Waals surface area contributed by atoms with Crippen molar-refractivity contribution in [3.05, 3.63) is 50.1 Å². The lowest BCUT2D eigenvalue weighted by atomic mass is 10.0. The molecule has 0 fully saturated rings. The van der Waals surface area contributed by atoms with Gasteiger partial charge in [-0.1, -0.05) is 15.9 Å². The van der Waals surface area contributed by atoms with E-state index < -0.39 is 0 Å². The number of hydrogen-bond acceptors (Lipinski definition) is 2. The average Bonchev–Trinajstić information content (AvgIpc) is 2.97. The molecular weight excluding hydrogens is 320 g/mol. The van der Waals surface area contributed by atoms with Crippen LogP contribution < -0.4 is 4.74 Å². The fraction of sp³-hybridized carbons (Fsp3) is 0.231. The maximum atomic E-state index is 6.53. The van der Waals surface area contributed by atoms with Gasteiger partial charge in [0.05, 0.1) is 12.0 Å². The van der Waals surface area contributed by atoms with Gasteiger partial charge >= 0.3 is 0 Å². The topological polar surface area (TPSA) is 9.23 Å². The number of thiophene rings is 1. The molecule has 1 atom stereocenters. The second-order valence-electron chi connectivity index (χ2n) is 4.00. The van der Waals surface area contributed by atoms with Crippen molar-refractivity contribution in [3.8, 4) is 5.75 Å². The van der Waals surface area contributed by atoms with E-state index in [-0.39, 0.29) is 5.38 Å². The summed E-state index contributed by atoms with van der Waals surface area (Å²) in [6, 6.07) is 6.23. The first-order chi connectivity index (χ1) is 8.25. The summed E-state index contributed by atoms with van der Waals surface area (Å²) in [5, 5.41) is 3.99. The monoisotopic (exact) mass is 328 g/mol. The molecule has 1 aliphatic heterocycles. The van der Waals surface area contributed by atoms with Gasteiger partial charge < -0.3 is 4.74 Å². The molecule has 1 aromatic heterocycles. The molecule has 88 valence electrons. The fourth-order valence-corrected chi connectivity index (χ4v) is 3.67. The van der Waals surface area contributed by atoms with E-state index >= 15 is 0 Å². The third kappa shape index (κ3) is 2.12. The molecule has 0 N–H and O–H groups in total. The van der Waals surface area contributed by atoms with Crippen LogP contribution in [0.2, 0.25) is 0 Å². The average molecular weight is 330 g/mol. The molecule has 0 spiro atoms. The third-order valence-electron chi connectivity index (χ3n) is 2.89. The second kappa shape index (κ2) is 4.63. The Bertz CT molecular complexity index is 539. The first-order valence-corrected chi connectivity index (χ1v) is 7.54. The van der Waals surface area contributed by atoms with Crippen LogP contribution in [0.5, 0.6) is 5.75 Å². The van der Waals surface area contributed by atoms with Gasteiger partial charge in [-0.25, -0.2) is 0 Å². The Morgan fingerprint density at radius 3 is 3.06 bits per heavy atom. The van der Waals surface area contributed by atoms with Gasteiger partial charge in [-0.3, -0.25) is 0 Å². The predicted octanol–water partition coefficient (Wildman–Crippen LogP) is 4.77. The van der Waals surface area contributed by atoms with E-state index in [0.29, 0.717) is 0 Å². The van der Waals surface area contributed by atoms with Gasteiger partial charge in [0.25, 0.3) is 0 Å². The van der Waals surface area contributed by atoms with E-state index in [1.807, 2.05) is 5.38 Å². The van der Waals surface area contributed by atoms with Crippen molar-refractivity contribution in [2.45, 2.75) is 11.8 Å². The van der Waals surface area contributed by atoms with Gasteiger partial charge in [0.15, 0.2) is 0 Å². The van der Waals surface area contributed by atoms with Crippen molar-refractivity contribution in [3.63, 3.8) is 0 Å². The quantitative estimate of drug-likeness (QED) is 0.721. The zero-order valence-corrected chi connectivity index (χ0v) is 12.1. The zero-order valence-electron chi connectivity index (χ0n) is 8.95. The predicted molar refractivity (Wildman–Crippen MR) is 75.4 cm³/mol. The minimum absolute atomic E-state index is 0.134. The first kappa shape index (κ1) is 11.6. The molecule has 1 aromatic carbocycles. The van der Waals surface area contributed by atoms with Gasteiger partial charge in [0.2, 0.25) is 0 Å². The molecular formula is C13H10BrClOS. The van der Waals surface area contributed by atoms with E-state index in [1.165, 1.54) is 5.56 Å². The molecule has 0 saturated heterocycles. The maximum Gasteiger partial charge on any atom is 0.127 e. The third-order valence-corrected chi connectivity index (χ3v) is 4.53. The summed E-state index contributed by atoms with van der Waals surface area (Å²) in [6.45, 7) is 0.756. The minimum atomic E-state index is -0.134. The molecule has 1 aliphatic rings. The van der Waals surface area contributed by atoms with E-state index in [0.717, 1.165) is 34.4 Å². The lowest BCUT2D eigenvalue weighted by Crippen LogP contribution is -1.96. The van der Waals surface area contributed by atoms with Crippen LogP contribution in [0.25, 0.3) is 0 Å². The lowest BCUT2D eigenvalue weighted by Gasteiger charge is -2.13. The van der Waals surface area contributed by atoms with Crippen LogP contribution >= 0.6 is 38.9 Å². The van der Waals surface area contributed by atoms with Crippen molar-refractivity contribution >= 4 is 38.9 Å². The smallest absolute Gasteiger partial charge is 0.127 e. The minimum Gasteiger partial charge on any atom is -0.493 e. The molecule has 4 heteroatoms. The van der Waals surface area contributed by atoms with Crippen molar-refractivity contribution in [2.75, 3.05) is 6.61 Å². The van der Waals surface area contributed by atoms with E-state index in [2.05, 4.69) is 39.5 Å². The number of halogens is 2. The number of hydrogen-bond donors (Lipinski definition) is 0. The highest BCUT2D eigenvalue weighted by molar-refractivity contribution is 9.10. The van der Waals surface area contributed by atoms with Crippen molar-refractivity contribution < 1.29 is 4.74 Å². The molecule has 3 rings (SSSR count). The van der Waals surface area contributed by atoms with Crippen molar-refractivity contribution in [2.24, 2.45) is 0 Å². The van der Waals surface area contributed by atoms with E-state index in [9.17, 15) is 0 Å². The number of benzene rings is 1. The van der Waals surface area contributed by atoms with Crippen LogP contribution in [-0.2, 0) is 6.42 Å². The Morgan fingerprint density at radius 1 is 1.41 bits per heavy atom. The summed E-state index contributed by atoms with van der Waals surface area (Å²) in [5.41, 5.74) is 3.44. The van der Waals surface area contributed by atoms with Crippen LogP contribution in [0.3, 0.4) is 0 Å². The van der Waals surface area contributed by atoms with Crippen LogP contribution in [0.4, 0.5) is 0 Å². The molecule has 0 aliphatic carbocycles. The van der Waals surface area contributed by atoms with Gasteiger partial charge in [0.1, 0.15) is 5.75 Å². The van der Waals surface area contributed by atoms with Crippen LogP contribution in [0.15, 0.2) is 33.4 Å². The molecule has 1 nitrogen and oxygen atoms in total. The molecule has 2 heterocycles. The van der Waals surface area contributed by atoms with Crippen LogP contribution in [0.1, 0.15) is 22.1 Å². The zero-order chi connectivity index (χ0) is 11.8. The van der Waals surface area contributed by atoms with Crippen molar-refractivity contribution in [1.29, 1.82) is 0 Å². The highest BCUT2D eigenvalue weighted by Crippen LogP contribution is 2.41. The number of alkyl halides is 1. The molecule has 1 unspecified atom stereocenters. The maximum absolute atomic E-state index is 6.53. The Balaban J connectivity index is 2.09. The van der Waals surface area contributed by atoms with Crippen molar-refractivity contribution in [1.82, 2.24) is 0 Å². The Kier molecular flexibility index (Phi) is 3.16. The van der Waals surface area contributed by atoms with Gasteiger partial charge in [-0.15, -0.1) is 11.6 Å². The summed E-state index contributed by atoms with van der Waals surface area (Å²) in [5.74, 6) is 0.972. The first-order valence-electron chi connectivity index (χ1n) is 5.37. The summed E-state index contributed by atoms with van der Waals surface area (Å²) < 4.78 is 6.77. The summed E-state index contributed by atoms with van der Waals surface area (Å²) >= 11 is 11.7. The van der Waals surface area contributed by atoms with Gasteiger partial charge in [-0.2, -0.15) is 11.3 Å². The summed E-state index contributed by atoms with van der Waals surface area (Å²) in [7, 11) is 0. The SMILES string of the molecule is ClC(c1ccsc1)c1cc(Br)cc2c1OCC2. The van der Waals surface area contributed by atoms with Crippen LogP contribution in [-0.4, -0.2) is 6.61 Å². The normalized spacial score (nSPS) is 15.4. The lowest BCUT2D eigenvalue weighted by molar-refractivity contribution is 0.353.